The predicted molar refractivity (Wildman–Crippen MR) is 86.5 cm³/mol. The molecule has 2 rings (SSSR count). The van der Waals surface area contributed by atoms with Crippen LogP contribution >= 0.6 is 11.6 Å². The van der Waals surface area contributed by atoms with E-state index in [0.717, 1.165) is 24.2 Å². The quantitative estimate of drug-likeness (QED) is 0.820. The highest BCUT2D eigenvalue weighted by atomic mass is 35.5. The Balaban J connectivity index is 2.23. The molecule has 6 heteroatoms. The Labute approximate surface area is 129 Å². The van der Waals surface area contributed by atoms with Gasteiger partial charge in [-0.05, 0) is 25.0 Å². The molecule has 1 heterocycles. The van der Waals surface area contributed by atoms with Crippen molar-refractivity contribution in [2.75, 3.05) is 30.9 Å². The van der Waals surface area contributed by atoms with Crippen molar-refractivity contribution in [3.63, 3.8) is 0 Å². The fraction of sp³-hybridized carbons (Fsp3) is 0.333. The third-order valence-electron chi connectivity index (χ3n) is 2.92. The third kappa shape index (κ3) is 4.31. The van der Waals surface area contributed by atoms with Gasteiger partial charge in [-0.2, -0.15) is 4.98 Å². The van der Waals surface area contributed by atoms with Crippen molar-refractivity contribution in [2.24, 2.45) is 0 Å². The number of hydrogen-bond acceptors (Lipinski definition) is 5. The summed E-state index contributed by atoms with van der Waals surface area (Å²) in [6.45, 7) is 3.41. The van der Waals surface area contributed by atoms with Crippen LogP contribution in [-0.2, 0) is 11.2 Å². The standard InChI is InChI=1S/C15H19ClN4O/c1-3-17-15-18-10-12(16)14(20-15)19-13-7-5-4-6-11(13)8-9-21-2/h4-7,10H,3,8-9H2,1-2H3,(H2,17,18,19,20). The van der Waals surface area contributed by atoms with Crippen molar-refractivity contribution in [1.29, 1.82) is 0 Å². The fourth-order valence-corrected chi connectivity index (χ4v) is 2.04. The summed E-state index contributed by atoms with van der Waals surface area (Å²) in [5.41, 5.74) is 2.12. The topological polar surface area (TPSA) is 59.1 Å². The molecule has 0 aliphatic carbocycles. The fourth-order valence-electron chi connectivity index (χ4n) is 1.90. The zero-order valence-corrected chi connectivity index (χ0v) is 12.9. The van der Waals surface area contributed by atoms with E-state index in [1.165, 1.54) is 0 Å². The number of nitrogens with one attached hydrogen (secondary N) is 2. The number of benzene rings is 1. The lowest BCUT2D eigenvalue weighted by atomic mass is 10.1. The number of ether oxygens (including phenoxy) is 1. The highest BCUT2D eigenvalue weighted by Crippen LogP contribution is 2.26. The van der Waals surface area contributed by atoms with Gasteiger partial charge in [0, 0.05) is 19.3 Å². The maximum absolute atomic E-state index is 6.16. The van der Waals surface area contributed by atoms with E-state index in [1.807, 2.05) is 25.1 Å². The average molecular weight is 307 g/mol. The summed E-state index contributed by atoms with van der Waals surface area (Å²) in [7, 11) is 1.69. The number of hydrogen-bond donors (Lipinski definition) is 2. The van der Waals surface area contributed by atoms with Crippen LogP contribution in [0, 0.1) is 0 Å². The van der Waals surface area contributed by atoms with Gasteiger partial charge in [0.1, 0.15) is 5.02 Å². The molecule has 0 aliphatic heterocycles. The first kappa shape index (κ1) is 15.5. The highest BCUT2D eigenvalue weighted by molar-refractivity contribution is 6.32. The molecular formula is C15H19ClN4O. The van der Waals surface area contributed by atoms with E-state index in [4.69, 9.17) is 16.3 Å². The van der Waals surface area contributed by atoms with E-state index < -0.39 is 0 Å². The molecule has 0 saturated carbocycles. The first-order valence-corrected chi connectivity index (χ1v) is 7.22. The van der Waals surface area contributed by atoms with E-state index in [-0.39, 0.29) is 0 Å². The van der Waals surface area contributed by atoms with Crippen LogP contribution in [0.3, 0.4) is 0 Å². The van der Waals surface area contributed by atoms with Gasteiger partial charge in [0.2, 0.25) is 5.95 Å². The van der Waals surface area contributed by atoms with E-state index >= 15 is 0 Å². The molecular weight excluding hydrogens is 288 g/mol. The molecule has 112 valence electrons. The second-order valence-electron chi connectivity index (χ2n) is 4.45. The van der Waals surface area contributed by atoms with E-state index in [9.17, 15) is 0 Å². The first-order valence-electron chi connectivity index (χ1n) is 6.85. The van der Waals surface area contributed by atoms with Gasteiger partial charge in [-0.1, -0.05) is 29.8 Å². The van der Waals surface area contributed by atoms with Gasteiger partial charge in [-0.25, -0.2) is 4.98 Å². The molecule has 0 unspecified atom stereocenters. The molecule has 0 saturated heterocycles. The van der Waals surface area contributed by atoms with Gasteiger partial charge < -0.3 is 15.4 Å². The molecule has 21 heavy (non-hydrogen) atoms. The molecule has 5 nitrogen and oxygen atoms in total. The normalized spacial score (nSPS) is 10.4. The van der Waals surface area contributed by atoms with Crippen LogP contribution < -0.4 is 10.6 Å². The minimum Gasteiger partial charge on any atom is -0.384 e. The van der Waals surface area contributed by atoms with Crippen molar-refractivity contribution < 1.29 is 4.74 Å². The van der Waals surface area contributed by atoms with Gasteiger partial charge in [-0.15, -0.1) is 0 Å². The van der Waals surface area contributed by atoms with Crippen LogP contribution in [0.25, 0.3) is 0 Å². The predicted octanol–water partition coefficient (Wildman–Crippen LogP) is 3.49. The van der Waals surface area contributed by atoms with Gasteiger partial charge in [0.25, 0.3) is 0 Å². The monoisotopic (exact) mass is 306 g/mol. The Morgan fingerprint density at radius 2 is 2.10 bits per heavy atom. The van der Waals surface area contributed by atoms with Crippen molar-refractivity contribution in [2.45, 2.75) is 13.3 Å². The summed E-state index contributed by atoms with van der Waals surface area (Å²) in [5.74, 6) is 1.14. The zero-order valence-electron chi connectivity index (χ0n) is 12.2. The minimum absolute atomic E-state index is 0.484. The Hall–Kier alpha value is -1.85. The first-order chi connectivity index (χ1) is 10.2. The number of anilines is 3. The molecule has 0 bridgehead atoms. The van der Waals surface area contributed by atoms with Crippen LogP contribution in [0.15, 0.2) is 30.5 Å². The summed E-state index contributed by atoms with van der Waals surface area (Å²) < 4.78 is 5.14. The van der Waals surface area contributed by atoms with E-state index in [0.29, 0.717) is 23.4 Å². The van der Waals surface area contributed by atoms with Crippen molar-refractivity contribution >= 4 is 29.1 Å². The Kier molecular flexibility index (Phi) is 5.78. The molecule has 0 aliphatic rings. The molecule has 1 aromatic carbocycles. The van der Waals surface area contributed by atoms with Crippen LogP contribution in [-0.4, -0.2) is 30.2 Å². The molecule has 0 spiro atoms. The maximum atomic E-state index is 6.16. The Morgan fingerprint density at radius 3 is 2.86 bits per heavy atom. The van der Waals surface area contributed by atoms with Crippen molar-refractivity contribution in [3.8, 4) is 0 Å². The minimum atomic E-state index is 0.484. The molecule has 1 aromatic heterocycles. The molecule has 2 aromatic rings. The summed E-state index contributed by atoms with van der Waals surface area (Å²) in [4.78, 5) is 8.51. The second-order valence-corrected chi connectivity index (χ2v) is 4.85. The van der Waals surface area contributed by atoms with Crippen molar-refractivity contribution in [1.82, 2.24) is 9.97 Å². The maximum Gasteiger partial charge on any atom is 0.224 e. The van der Waals surface area contributed by atoms with Crippen LogP contribution in [0.1, 0.15) is 12.5 Å². The van der Waals surface area contributed by atoms with Gasteiger partial charge in [0.15, 0.2) is 5.82 Å². The van der Waals surface area contributed by atoms with E-state index in [1.54, 1.807) is 13.3 Å². The number of methoxy groups -OCH3 is 1. The van der Waals surface area contributed by atoms with Gasteiger partial charge in [0.05, 0.1) is 12.8 Å². The molecule has 0 radical (unpaired) electrons. The summed E-state index contributed by atoms with van der Waals surface area (Å²) in [6.07, 6.45) is 2.41. The smallest absolute Gasteiger partial charge is 0.224 e. The van der Waals surface area contributed by atoms with Crippen LogP contribution in [0.5, 0.6) is 0 Å². The largest absolute Gasteiger partial charge is 0.384 e. The van der Waals surface area contributed by atoms with Crippen LogP contribution in [0.2, 0.25) is 5.02 Å². The lowest BCUT2D eigenvalue weighted by Gasteiger charge is -2.13. The summed E-state index contributed by atoms with van der Waals surface area (Å²) in [6, 6.07) is 8.03. The molecule has 0 atom stereocenters. The molecule has 2 N–H and O–H groups in total. The van der Waals surface area contributed by atoms with Crippen molar-refractivity contribution in [3.05, 3.63) is 41.0 Å². The Morgan fingerprint density at radius 1 is 1.29 bits per heavy atom. The zero-order chi connectivity index (χ0) is 15.1. The molecule has 0 fully saturated rings. The highest BCUT2D eigenvalue weighted by Gasteiger charge is 2.08. The molecule has 0 amide bonds. The lowest BCUT2D eigenvalue weighted by molar-refractivity contribution is 0.202. The number of para-hydroxylation sites is 1. The average Bonchev–Trinajstić information content (AvgIpc) is 2.50. The number of aromatic nitrogens is 2. The van der Waals surface area contributed by atoms with Crippen LogP contribution in [0.4, 0.5) is 17.5 Å². The van der Waals surface area contributed by atoms with E-state index in [2.05, 4.69) is 26.7 Å². The van der Waals surface area contributed by atoms with Gasteiger partial charge in [-0.3, -0.25) is 0 Å². The van der Waals surface area contributed by atoms with Gasteiger partial charge >= 0.3 is 0 Å². The third-order valence-corrected chi connectivity index (χ3v) is 3.20. The SMILES string of the molecule is CCNc1ncc(Cl)c(Nc2ccccc2CCOC)n1. The number of rotatable bonds is 7. The Bertz CT molecular complexity index is 592. The summed E-state index contributed by atoms with van der Waals surface area (Å²) in [5, 5.41) is 6.82. The summed E-state index contributed by atoms with van der Waals surface area (Å²) >= 11 is 6.16. The number of nitrogens with zero attached hydrogens (tertiary/aromatic N) is 2. The second kappa shape index (κ2) is 7.81. The lowest BCUT2D eigenvalue weighted by Crippen LogP contribution is -2.06. The number of halogens is 1.